The fourth-order valence-electron chi connectivity index (χ4n) is 1.35. The average molecular weight is 237 g/mol. The Morgan fingerprint density at radius 2 is 2.24 bits per heavy atom. The van der Waals surface area contributed by atoms with Gasteiger partial charge in [-0.1, -0.05) is 19.1 Å². The number of amides is 1. The maximum Gasteiger partial charge on any atom is 0.258 e. The van der Waals surface area contributed by atoms with Crippen molar-refractivity contribution in [3.05, 3.63) is 29.8 Å². The minimum Gasteiger partial charge on any atom is -0.484 e. The van der Waals surface area contributed by atoms with Gasteiger partial charge in [-0.15, -0.1) is 0 Å². The van der Waals surface area contributed by atoms with Gasteiger partial charge in [0, 0.05) is 13.7 Å². The molecule has 94 valence electrons. The molecule has 1 rings (SSSR count). The van der Waals surface area contributed by atoms with Gasteiger partial charge in [0.25, 0.3) is 5.91 Å². The molecule has 1 aromatic carbocycles. The van der Waals surface area contributed by atoms with Crippen LogP contribution in [0.15, 0.2) is 24.3 Å². The monoisotopic (exact) mass is 237 g/mol. The Balaban J connectivity index is 2.31. The molecule has 0 heterocycles. The minimum absolute atomic E-state index is 0.0386. The summed E-state index contributed by atoms with van der Waals surface area (Å²) < 4.78 is 10.2. The van der Waals surface area contributed by atoms with Crippen molar-refractivity contribution < 1.29 is 14.3 Å². The summed E-state index contributed by atoms with van der Waals surface area (Å²) in [6.07, 6.45) is 0.956. The lowest BCUT2D eigenvalue weighted by molar-refractivity contribution is -0.123. The number of rotatable bonds is 7. The Morgan fingerprint density at radius 1 is 1.41 bits per heavy atom. The maximum atomic E-state index is 11.4. The van der Waals surface area contributed by atoms with Gasteiger partial charge in [-0.05, 0) is 24.1 Å². The van der Waals surface area contributed by atoms with Crippen LogP contribution in [-0.4, -0.2) is 32.8 Å². The second kappa shape index (κ2) is 7.68. The Bertz CT molecular complexity index is 352. The van der Waals surface area contributed by atoms with E-state index in [9.17, 15) is 4.79 Å². The summed E-state index contributed by atoms with van der Waals surface area (Å²) in [5.74, 6) is 0.593. The Morgan fingerprint density at radius 3 is 2.94 bits per heavy atom. The van der Waals surface area contributed by atoms with Gasteiger partial charge in [0.05, 0.1) is 6.61 Å². The quantitative estimate of drug-likeness (QED) is 0.729. The highest BCUT2D eigenvalue weighted by Crippen LogP contribution is 2.13. The van der Waals surface area contributed by atoms with Crippen LogP contribution in [0.3, 0.4) is 0 Å². The van der Waals surface area contributed by atoms with E-state index < -0.39 is 0 Å². The van der Waals surface area contributed by atoms with Crippen molar-refractivity contribution in [1.29, 1.82) is 0 Å². The lowest BCUT2D eigenvalue weighted by atomic mass is 10.2. The molecule has 0 atom stereocenters. The van der Waals surface area contributed by atoms with Gasteiger partial charge in [-0.3, -0.25) is 4.79 Å². The second-order valence-corrected chi connectivity index (χ2v) is 3.63. The molecular formula is C13H19NO3. The third-order valence-corrected chi connectivity index (χ3v) is 2.30. The number of nitrogens with one attached hydrogen (secondary N) is 1. The molecule has 17 heavy (non-hydrogen) atoms. The van der Waals surface area contributed by atoms with E-state index in [0.29, 0.717) is 13.2 Å². The van der Waals surface area contributed by atoms with E-state index >= 15 is 0 Å². The lowest BCUT2D eigenvalue weighted by Gasteiger charge is -2.08. The first kappa shape index (κ1) is 13.5. The molecule has 0 fully saturated rings. The van der Waals surface area contributed by atoms with Gasteiger partial charge >= 0.3 is 0 Å². The first-order valence-corrected chi connectivity index (χ1v) is 5.73. The lowest BCUT2D eigenvalue weighted by Crippen LogP contribution is -2.31. The van der Waals surface area contributed by atoms with Crippen LogP contribution in [-0.2, 0) is 16.0 Å². The molecule has 0 unspecified atom stereocenters. The van der Waals surface area contributed by atoms with Crippen molar-refractivity contribution in [2.45, 2.75) is 13.3 Å². The van der Waals surface area contributed by atoms with Crippen LogP contribution in [0.5, 0.6) is 5.75 Å². The van der Waals surface area contributed by atoms with Crippen LogP contribution in [0, 0.1) is 0 Å². The highest BCUT2D eigenvalue weighted by Gasteiger charge is 2.02. The van der Waals surface area contributed by atoms with E-state index in [1.54, 1.807) is 7.11 Å². The molecule has 0 aromatic heterocycles. The smallest absolute Gasteiger partial charge is 0.258 e. The molecule has 0 aliphatic heterocycles. The number of carbonyl (C=O) groups excluding carboxylic acids is 1. The molecule has 1 aromatic rings. The molecule has 0 bridgehead atoms. The molecule has 4 heteroatoms. The summed E-state index contributed by atoms with van der Waals surface area (Å²) in [6.45, 7) is 3.14. The standard InChI is InChI=1S/C13H19NO3/c1-3-11-5-4-6-12(9-11)17-10-13(15)14-7-8-16-2/h4-6,9H,3,7-8,10H2,1-2H3,(H,14,15). The van der Waals surface area contributed by atoms with Gasteiger partial charge in [-0.25, -0.2) is 0 Å². The molecule has 0 saturated carbocycles. The maximum absolute atomic E-state index is 11.4. The molecule has 4 nitrogen and oxygen atoms in total. The molecule has 1 amide bonds. The summed E-state index contributed by atoms with van der Waals surface area (Å²) in [5.41, 5.74) is 1.20. The summed E-state index contributed by atoms with van der Waals surface area (Å²) in [4.78, 5) is 11.4. The van der Waals surface area contributed by atoms with Crippen LogP contribution < -0.4 is 10.1 Å². The van der Waals surface area contributed by atoms with Crippen LogP contribution in [0.1, 0.15) is 12.5 Å². The zero-order valence-corrected chi connectivity index (χ0v) is 10.4. The van der Waals surface area contributed by atoms with E-state index in [1.165, 1.54) is 5.56 Å². The van der Waals surface area contributed by atoms with Crippen LogP contribution >= 0.6 is 0 Å². The number of aryl methyl sites for hydroxylation is 1. The van der Waals surface area contributed by atoms with E-state index in [1.807, 2.05) is 24.3 Å². The molecule has 0 spiro atoms. The molecule has 0 aliphatic rings. The molecule has 1 N–H and O–H groups in total. The van der Waals surface area contributed by atoms with Crippen LogP contribution in [0.4, 0.5) is 0 Å². The van der Waals surface area contributed by atoms with Gasteiger partial charge < -0.3 is 14.8 Å². The Labute approximate surface area is 102 Å². The van der Waals surface area contributed by atoms with E-state index in [4.69, 9.17) is 9.47 Å². The third kappa shape index (κ3) is 5.36. The molecular weight excluding hydrogens is 218 g/mol. The minimum atomic E-state index is -0.135. The first-order chi connectivity index (χ1) is 8.26. The highest BCUT2D eigenvalue weighted by molar-refractivity contribution is 5.77. The predicted molar refractivity (Wildman–Crippen MR) is 66.2 cm³/mol. The van der Waals surface area contributed by atoms with Crippen LogP contribution in [0.2, 0.25) is 0 Å². The summed E-state index contributed by atoms with van der Waals surface area (Å²) in [5, 5.41) is 2.69. The van der Waals surface area contributed by atoms with Gasteiger partial charge in [-0.2, -0.15) is 0 Å². The highest BCUT2D eigenvalue weighted by atomic mass is 16.5. The number of hydrogen-bond donors (Lipinski definition) is 1. The van der Waals surface area contributed by atoms with Crippen molar-refractivity contribution >= 4 is 5.91 Å². The number of ether oxygens (including phenoxy) is 2. The summed E-state index contributed by atoms with van der Waals surface area (Å²) >= 11 is 0. The van der Waals surface area contributed by atoms with E-state index in [-0.39, 0.29) is 12.5 Å². The molecule has 0 saturated heterocycles. The Kier molecular flexibility index (Phi) is 6.10. The summed E-state index contributed by atoms with van der Waals surface area (Å²) in [6, 6.07) is 7.76. The second-order valence-electron chi connectivity index (χ2n) is 3.63. The topological polar surface area (TPSA) is 47.6 Å². The number of benzene rings is 1. The van der Waals surface area contributed by atoms with Gasteiger partial charge in [0.2, 0.25) is 0 Å². The predicted octanol–water partition coefficient (Wildman–Crippen LogP) is 1.39. The van der Waals surface area contributed by atoms with Crippen molar-refractivity contribution in [1.82, 2.24) is 5.32 Å². The Hall–Kier alpha value is -1.55. The SMILES string of the molecule is CCc1cccc(OCC(=O)NCCOC)c1. The zero-order chi connectivity index (χ0) is 12.5. The average Bonchev–Trinajstić information content (AvgIpc) is 2.37. The third-order valence-electron chi connectivity index (χ3n) is 2.30. The first-order valence-electron chi connectivity index (χ1n) is 5.73. The molecule has 0 radical (unpaired) electrons. The van der Waals surface area contributed by atoms with Crippen molar-refractivity contribution in [2.24, 2.45) is 0 Å². The van der Waals surface area contributed by atoms with E-state index in [0.717, 1.165) is 12.2 Å². The fourth-order valence-corrected chi connectivity index (χ4v) is 1.35. The number of methoxy groups -OCH3 is 1. The van der Waals surface area contributed by atoms with Crippen molar-refractivity contribution in [2.75, 3.05) is 26.9 Å². The van der Waals surface area contributed by atoms with Crippen molar-refractivity contribution in [3.8, 4) is 5.75 Å². The van der Waals surface area contributed by atoms with Crippen LogP contribution in [0.25, 0.3) is 0 Å². The normalized spacial score (nSPS) is 10.0. The van der Waals surface area contributed by atoms with Crippen molar-refractivity contribution in [3.63, 3.8) is 0 Å². The van der Waals surface area contributed by atoms with Gasteiger partial charge in [0.1, 0.15) is 5.75 Å². The fraction of sp³-hybridized carbons (Fsp3) is 0.462. The van der Waals surface area contributed by atoms with Gasteiger partial charge in [0.15, 0.2) is 6.61 Å². The molecule has 0 aliphatic carbocycles. The zero-order valence-electron chi connectivity index (χ0n) is 10.4. The number of carbonyl (C=O) groups is 1. The summed E-state index contributed by atoms with van der Waals surface area (Å²) in [7, 11) is 1.60. The number of hydrogen-bond acceptors (Lipinski definition) is 3. The van der Waals surface area contributed by atoms with E-state index in [2.05, 4.69) is 12.2 Å². The largest absolute Gasteiger partial charge is 0.484 e.